The molecule has 0 saturated heterocycles. The van der Waals surface area contributed by atoms with Crippen molar-refractivity contribution in [3.63, 3.8) is 0 Å². The average Bonchev–Trinajstić information content (AvgIpc) is 3.12. The molecule has 1 aromatic carbocycles. The quantitative estimate of drug-likeness (QED) is 0.780. The Morgan fingerprint density at radius 2 is 2.29 bits per heavy atom. The molecule has 0 spiro atoms. The first-order valence-electron chi connectivity index (χ1n) is 5.99. The van der Waals surface area contributed by atoms with Gasteiger partial charge in [-0.2, -0.15) is 0 Å². The first-order valence-corrected chi connectivity index (χ1v) is 7.24. The fourth-order valence-electron chi connectivity index (χ4n) is 1.61. The molecule has 1 unspecified atom stereocenters. The van der Waals surface area contributed by atoms with Crippen LogP contribution < -0.4 is 5.32 Å². The van der Waals surface area contributed by atoms with Crippen LogP contribution in [0.3, 0.4) is 0 Å². The minimum absolute atomic E-state index is 0.187. The van der Waals surface area contributed by atoms with Crippen molar-refractivity contribution in [3.05, 3.63) is 28.8 Å². The van der Waals surface area contributed by atoms with Gasteiger partial charge in [0.15, 0.2) is 0 Å². The monoisotopic (exact) mass is 271 g/mol. The molecular formula is C13H18ClNOS. The number of aliphatic hydroxyl groups excluding tert-OH is 1. The first-order chi connectivity index (χ1) is 8.20. The van der Waals surface area contributed by atoms with Crippen LogP contribution in [0, 0.1) is 0 Å². The average molecular weight is 272 g/mol. The summed E-state index contributed by atoms with van der Waals surface area (Å²) >= 11 is 7.93. The van der Waals surface area contributed by atoms with Crippen molar-refractivity contribution in [2.75, 3.05) is 6.61 Å². The van der Waals surface area contributed by atoms with Crippen LogP contribution >= 0.6 is 23.4 Å². The molecule has 1 aliphatic carbocycles. The Morgan fingerprint density at radius 1 is 1.53 bits per heavy atom. The van der Waals surface area contributed by atoms with Gasteiger partial charge in [-0.25, -0.2) is 0 Å². The number of hydrogen-bond donors (Lipinski definition) is 2. The molecule has 0 bridgehead atoms. The topological polar surface area (TPSA) is 32.3 Å². The number of thioether (sulfide) groups is 1. The summed E-state index contributed by atoms with van der Waals surface area (Å²) in [5.41, 5.74) is 1.16. The van der Waals surface area contributed by atoms with E-state index in [1.165, 1.54) is 17.7 Å². The maximum absolute atomic E-state index is 9.11. The lowest BCUT2D eigenvalue weighted by Gasteiger charge is -2.14. The summed E-state index contributed by atoms with van der Waals surface area (Å²) in [6.45, 7) is 3.03. The maximum Gasteiger partial charge on any atom is 0.0550 e. The van der Waals surface area contributed by atoms with E-state index >= 15 is 0 Å². The predicted molar refractivity (Wildman–Crippen MR) is 73.7 cm³/mol. The summed E-state index contributed by atoms with van der Waals surface area (Å²) < 4.78 is 0. The summed E-state index contributed by atoms with van der Waals surface area (Å²) in [4.78, 5) is 1.17. The van der Waals surface area contributed by atoms with Gasteiger partial charge in [0, 0.05) is 27.8 Å². The molecule has 2 rings (SSSR count). The Morgan fingerprint density at radius 3 is 2.94 bits per heavy atom. The van der Waals surface area contributed by atoms with E-state index in [9.17, 15) is 0 Å². The molecule has 0 aliphatic heterocycles. The van der Waals surface area contributed by atoms with Gasteiger partial charge < -0.3 is 10.4 Å². The lowest BCUT2D eigenvalue weighted by Crippen LogP contribution is -2.16. The van der Waals surface area contributed by atoms with Gasteiger partial charge in [0.1, 0.15) is 0 Å². The van der Waals surface area contributed by atoms with Crippen LogP contribution in [0.15, 0.2) is 23.1 Å². The molecule has 1 saturated carbocycles. The lowest BCUT2D eigenvalue weighted by atomic mass is 10.2. The Bertz CT molecular complexity index is 382. The number of nitrogens with one attached hydrogen (secondary N) is 1. The minimum Gasteiger partial charge on any atom is -0.395 e. The summed E-state index contributed by atoms with van der Waals surface area (Å²) in [6.07, 6.45) is 2.56. The van der Waals surface area contributed by atoms with Crippen LogP contribution in [0.4, 0.5) is 0 Å². The number of hydrogen-bond acceptors (Lipinski definition) is 3. The van der Waals surface area contributed by atoms with Gasteiger partial charge in [0.2, 0.25) is 0 Å². The van der Waals surface area contributed by atoms with E-state index < -0.39 is 0 Å². The van der Waals surface area contributed by atoms with Crippen LogP contribution in [-0.2, 0) is 6.54 Å². The minimum atomic E-state index is 0.187. The molecule has 0 radical (unpaired) electrons. The highest BCUT2D eigenvalue weighted by molar-refractivity contribution is 8.00. The van der Waals surface area contributed by atoms with Crippen LogP contribution in [0.5, 0.6) is 0 Å². The summed E-state index contributed by atoms with van der Waals surface area (Å²) in [5.74, 6) is 0. The lowest BCUT2D eigenvalue weighted by molar-refractivity contribution is 0.300. The van der Waals surface area contributed by atoms with E-state index in [0.717, 1.165) is 17.1 Å². The molecule has 2 nitrogen and oxygen atoms in total. The van der Waals surface area contributed by atoms with Gasteiger partial charge in [0.05, 0.1) is 6.61 Å². The zero-order valence-corrected chi connectivity index (χ0v) is 11.5. The fraction of sp³-hybridized carbons (Fsp3) is 0.538. The molecule has 1 aromatic rings. The zero-order chi connectivity index (χ0) is 12.3. The van der Waals surface area contributed by atoms with Gasteiger partial charge >= 0.3 is 0 Å². The molecule has 1 atom stereocenters. The molecule has 94 valence electrons. The molecule has 17 heavy (non-hydrogen) atoms. The van der Waals surface area contributed by atoms with Crippen LogP contribution in [0.25, 0.3) is 0 Å². The summed E-state index contributed by atoms with van der Waals surface area (Å²) in [5, 5.41) is 13.6. The largest absolute Gasteiger partial charge is 0.395 e. The van der Waals surface area contributed by atoms with Crippen molar-refractivity contribution in [2.24, 2.45) is 0 Å². The third kappa shape index (κ3) is 3.88. The third-order valence-corrected chi connectivity index (χ3v) is 4.35. The maximum atomic E-state index is 9.11. The van der Waals surface area contributed by atoms with Crippen molar-refractivity contribution >= 4 is 23.4 Å². The van der Waals surface area contributed by atoms with E-state index in [0.29, 0.717) is 6.04 Å². The molecule has 0 aromatic heterocycles. The molecule has 0 amide bonds. The van der Waals surface area contributed by atoms with Crippen molar-refractivity contribution < 1.29 is 5.11 Å². The Hall–Kier alpha value is -0.220. The summed E-state index contributed by atoms with van der Waals surface area (Å²) in [6, 6.07) is 6.65. The Kier molecular flexibility index (Phi) is 4.74. The van der Waals surface area contributed by atoms with Crippen molar-refractivity contribution in [1.29, 1.82) is 0 Å². The van der Waals surface area contributed by atoms with Crippen LogP contribution in [0.2, 0.25) is 5.02 Å². The first kappa shape index (κ1) is 13.2. The number of aliphatic hydroxyl groups is 1. The second kappa shape index (κ2) is 6.10. The molecule has 1 aliphatic rings. The normalized spacial score (nSPS) is 17.1. The van der Waals surface area contributed by atoms with E-state index in [1.54, 1.807) is 11.8 Å². The van der Waals surface area contributed by atoms with E-state index in [2.05, 4.69) is 11.4 Å². The summed E-state index contributed by atoms with van der Waals surface area (Å²) in [7, 11) is 0. The third-order valence-electron chi connectivity index (χ3n) is 2.81. The number of benzene rings is 1. The van der Waals surface area contributed by atoms with Crippen molar-refractivity contribution in [2.45, 2.75) is 42.5 Å². The number of halogens is 1. The standard InChI is InChI=1S/C13H18ClNOS/c1-9(8-16)17-13-4-2-3-12(14)11(13)7-15-10-5-6-10/h2-4,9-10,15-16H,5-8H2,1H3. The van der Waals surface area contributed by atoms with E-state index in [1.807, 2.05) is 19.1 Å². The van der Waals surface area contributed by atoms with Gasteiger partial charge in [-0.15, -0.1) is 11.8 Å². The Balaban J connectivity index is 2.08. The smallest absolute Gasteiger partial charge is 0.0550 e. The van der Waals surface area contributed by atoms with E-state index in [-0.39, 0.29) is 11.9 Å². The van der Waals surface area contributed by atoms with Crippen LogP contribution in [0.1, 0.15) is 25.3 Å². The van der Waals surface area contributed by atoms with Gasteiger partial charge in [0.25, 0.3) is 0 Å². The second-order valence-corrected chi connectivity index (χ2v) is 6.37. The molecule has 0 heterocycles. The highest BCUT2D eigenvalue weighted by Gasteiger charge is 2.21. The molecular weight excluding hydrogens is 254 g/mol. The van der Waals surface area contributed by atoms with Gasteiger partial charge in [-0.1, -0.05) is 24.6 Å². The molecule has 4 heteroatoms. The van der Waals surface area contributed by atoms with Crippen molar-refractivity contribution in [3.8, 4) is 0 Å². The SMILES string of the molecule is CC(CO)Sc1cccc(Cl)c1CNC1CC1. The van der Waals surface area contributed by atoms with Crippen LogP contribution in [-0.4, -0.2) is 23.0 Å². The van der Waals surface area contributed by atoms with Crippen molar-refractivity contribution in [1.82, 2.24) is 5.32 Å². The highest BCUT2D eigenvalue weighted by atomic mass is 35.5. The molecule has 2 N–H and O–H groups in total. The number of rotatable bonds is 6. The zero-order valence-electron chi connectivity index (χ0n) is 9.95. The second-order valence-electron chi connectivity index (χ2n) is 4.48. The van der Waals surface area contributed by atoms with Gasteiger partial charge in [-0.3, -0.25) is 0 Å². The Labute approximate surface area is 112 Å². The predicted octanol–water partition coefficient (Wildman–Crippen LogP) is 3.06. The highest BCUT2D eigenvalue weighted by Crippen LogP contribution is 2.32. The van der Waals surface area contributed by atoms with Gasteiger partial charge in [-0.05, 0) is 30.5 Å². The fourth-order valence-corrected chi connectivity index (χ4v) is 2.90. The van der Waals surface area contributed by atoms with E-state index in [4.69, 9.17) is 16.7 Å². The molecule has 1 fully saturated rings.